The van der Waals surface area contributed by atoms with Crippen LogP contribution in [0.3, 0.4) is 0 Å². The van der Waals surface area contributed by atoms with Gasteiger partial charge >= 0.3 is 0 Å². The SMILES string of the molecule is CC(C)CNC(=O)c1c(NC(=O)c2ccc(COc3ccc(F)cc3Cl)o2)cnn1C. The van der Waals surface area contributed by atoms with E-state index in [1.165, 1.54) is 29.1 Å². The van der Waals surface area contributed by atoms with Crippen LogP contribution in [0.25, 0.3) is 0 Å². The molecule has 0 saturated carbocycles. The van der Waals surface area contributed by atoms with Crippen molar-refractivity contribution < 1.29 is 23.1 Å². The van der Waals surface area contributed by atoms with E-state index >= 15 is 0 Å². The van der Waals surface area contributed by atoms with Crippen LogP contribution >= 0.6 is 11.6 Å². The van der Waals surface area contributed by atoms with Gasteiger partial charge in [0.05, 0.1) is 16.9 Å². The van der Waals surface area contributed by atoms with E-state index in [-0.39, 0.29) is 46.3 Å². The minimum atomic E-state index is -0.544. The minimum Gasteiger partial charge on any atom is -0.484 e. The molecule has 2 amide bonds. The molecule has 2 N–H and O–H groups in total. The summed E-state index contributed by atoms with van der Waals surface area (Å²) >= 11 is 5.92. The fourth-order valence-corrected chi connectivity index (χ4v) is 2.90. The number of carbonyl (C=O) groups excluding carboxylic acids is 2. The number of nitrogens with zero attached hydrogens (tertiary/aromatic N) is 2. The number of aromatic nitrogens is 2. The smallest absolute Gasteiger partial charge is 0.291 e. The Labute approximate surface area is 183 Å². The summed E-state index contributed by atoms with van der Waals surface area (Å²) in [6.07, 6.45) is 1.39. The molecule has 0 saturated heterocycles. The topological polar surface area (TPSA) is 98.4 Å². The van der Waals surface area contributed by atoms with Crippen LogP contribution in [0.5, 0.6) is 5.75 Å². The third kappa shape index (κ3) is 5.64. The van der Waals surface area contributed by atoms with Crippen molar-refractivity contribution in [3.05, 3.63) is 64.6 Å². The number of anilines is 1. The first-order valence-corrected chi connectivity index (χ1v) is 9.90. The fourth-order valence-electron chi connectivity index (χ4n) is 2.68. The molecule has 2 heterocycles. The Hall–Kier alpha value is -3.33. The van der Waals surface area contributed by atoms with E-state index in [9.17, 15) is 14.0 Å². The summed E-state index contributed by atoms with van der Waals surface area (Å²) in [4.78, 5) is 25.0. The van der Waals surface area contributed by atoms with Gasteiger partial charge in [-0.15, -0.1) is 0 Å². The van der Waals surface area contributed by atoms with Crippen LogP contribution in [0.15, 0.2) is 40.9 Å². The van der Waals surface area contributed by atoms with E-state index in [0.29, 0.717) is 12.3 Å². The summed E-state index contributed by atoms with van der Waals surface area (Å²) in [6.45, 7) is 4.45. The second kappa shape index (κ2) is 9.65. The molecule has 3 rings (SSSR count). The van der Waals surface area contributed by atoms with Gasteiger partial charge in [-0.1, -0.05) is 25.4 Å². The number of nitrogens with one attached hydrogen (secondary N) is 2. The number of amides is 2. The predicted octanol–water partition coefficient (Wildman–Crippen LogP) is 4.02. The van der Waals surface area contributed by atoms with Crippen molar-refractivity contribution in [3.63, 3.8) is 0 Å². The van der Waals surface area contributed by atoms with Crippen molar-refractivity contribution in [1.29, 1.82) is 0 Å². The van der Waals surface area contributed by atoms with Crippen LogP contribution in [0.1, 0.15) is 40.7 Å². The molecular weight excluding hydrogens is 427 g/mol. The highest BCUT2D eigenvalue weighted by molar-refractivity contribution is 6.32. The quantitative estimate of drug-likeness (QED) is 0.542. The average Bonchev–Trinajstić information content (AvgIpc) is 3.32. The van der Waals surface area contributed by atoms with Gasteiger partial charge in [-0.05, 0) is 36.2 Å². The third-order valence-electron chi connectivity index (χ3n) is 4.22. The Balaban J connectivity index is 1.64. The number of hydrogen-bond donors (Lipinski definition) is 2. The van der Waals surface area contributed by atoms with E-state index in [0.717, 1.165) is 6.07 Å². The molecule has 0 radical (unpaired) electrons. The zero-order valence-electron chi connectivity index (χ0n) is 17.2. The Kier molecular flexibility index (Phi) is 6.96. The summed E-state index contributed by atoms with van der Waals surface area (Å²) in [5.74, 6) is -0.387. The van der Waals surface area contributed by atoms with Gasteiger partial charge in [0.25, 0.3) is 11.8 Å². The first-order chi connectivity index (χ1) is 14.7. The Bertz CT molecular complexity index is 1090. The molecule has 2 aromatic heterocycles. The summed E-state index contributed by atoms with van der Waals surface area (Å²) in [5.41, 5.74) is 0.496. The molecule has 0 aliphatic heterocycles. The maximum atomic E-state index is 13.1. The van der Waals surface area contributed by atoms with E-state index in [2.05, 4.69) is 15.7 Å². The molecule has 31 heavy (non-hydrogen) atoms. The minimum absolute atomic E-state index is 0.00557. The second-order valence-electron chi connectivity index (χ2n) is 7.22. The lowest BCUT2D eigenvalue weighted by Gasteiger charge is -2.10. The third-order valence-corrected chi connectivity index (χ3v) is 4.52. The highest BCUT2D eigenvalue weighted by atomic mass is 35.5. The summed E-state index contributed by atoms with van der Waals surface area (Å²) in [7, 11) is 1.61. The highest BCUT2D eigenvalue weighted by Crippen LogP contribution is 2.26. The molecule has 0 aliphatic rings. The zero-order valence-corrected chi connectivity index (χ0v) is 18.0. The predicted molar refractivity (Wildman–Crippen MR) is 113 cm³/mol. The summed E-state index contributed by atoms with van der Waals surface area (Å²) in [5, 5.41) is 9.61. The number of halogens is 2. The van der Waals surface area contributed by atoms with Crippen LogP contribution in [0.2, 0.25) is 5.02 Å². The molecule has 164 valence electrons. The molecule has 0 aliphatic carbocycles. The number of carbonyl (C=O) groups is 2. The highest BCUT2D eigenvalue weighted by Gasteiger charge is 2.21. The van der Waals surface area contributed by atoms with Crippen molar-refractivity contribution in [2.45, 2.75) is 20.5 Å². The maximum absolute atomic E-state index is 13.1. The summed E-state index contributed by atoms with van der Waals surface area (Å²) < 4.78 is 25.5. The lowest BCUT2D eigenvalue weighted by atomic mass is 10.2. The maximum Gasteiger partial charge on any atom is 0.291 e. The lowest BCUT2D eigenvalue weighted by Crippen LogP contribution is -2.30. The zero-order chi connectivity index (χ0) is 22.5. The molecule has 3 aromatic rings. The molecule has 0 unspecified atom stereocenters. The van der Waals surface area contributed by atoms with Crippen molar-refractivity contribution >= 4 is 29.1 Å². The Morgan fingerprint density at radius 3 is 2.74 bits per heavy atom. The molecule has 0 atom stereocenters. The number of benzene rings is 1. The van der Waals surface area contributed by atoms with Gasteiger partial charge in [-0.3, -0.25) is 14.3 Å². The largest absolute Gasteiger partial charge is 0.484 e. The first kappa shape index (κ1) is 22.4. The fraction of sp³-hybridized carbons (Fsp3) is 0.286. The molecular formula is C21H22ClFN4O4. The second-order valence-corrected chi connectivity index (χ2v) is 7.63. The molecule has 1 aromatic carbocycles. The van der Waals surface area contributed by atoms with Crippen molar-refractivity contribution in [1.82, 2.24) is 15.1 Å². The van der Waals surface area contributed by atoms with E-state index in [4.69, 9.17) is 20.8 Å². The van der Waals surface area contributed by atoms with Crippen LogP contribution in [0.4, 0.5) is 10.1 Å². The monoisotopic (exact) mass is 448 g/mol. The van der Waals surface area contributed by atoms with Crippen LogP contribution in [-0.4, -0.2) is 28.1 Å². The van der Waals surface area contributed by atoms with Crippen LogP contribution < -0.4 is 15.4 Å². The summed E-state index contributed by atoms with van der Waals surface area (Å²) in [6, 6.07) is 6.83. The number of furan rings is 1. The number of hydrogen-bond acceptors (Lipinski definition) is 5. The molecule has 0 spiro atoms. The van der Waals surface area contributed by atoms with E-state index in [1.807, 2.05) is 13.8 Å². The normalized spacial score (nSPS) is 10.9. The van der Waals surface area contributed by atoms with E-state index in [1.54, 1.807) is 13.1 Å². The van der Waals surface area contributed by atoms with Crippen LogP contribution in [-0.2, 0) is 13.7 Å². The van der Waals surface area contributed by atoms with Gasteiger partial charge in [-0.2, -0.15) is 5.10 Å². The van der Waals surface area contributed by atoms with Crippen LogP contribution in [0, 0.1) is 11.7 Å². The molecule has 10 heteroatoms. The van der Waals surface area contributed by atoms with Gasteiger partial charge in [0.15, 0.2) is 5.76 Å². The van der Waals surface area contributed by atoms with Gasteiger partial charge in [0.1, 0.15) is 29.6 Å². The molecule has 0 fully saturated rings. The Morgan fingerprint density at radius 2 is 2.03 bits per heavy atom. The van der Waals surface area contributed by atoms with Gasteiger partial charge in [-0.25, -0.2) is 4.39 Å². The number of aryl methyl sites for hydroxylation is 1. The van der Waals surface area contributed by atoms with E-state index < -0.39 is 11.7 Å². The number of rotatable bonds is 8. The van der Waals surface area contributed by atoms with Gasteiger partial charge in [0.2, 0.25) is 0 Å². The molecule has 0 bridgehead atoms. The first-order valence-electron chi connectivity index (χ1n) is 9.52. The molecule has 8 nitrogen and oxygen atoms in total. The number of ether oxygens (including phenoxy) is 1. The van der Waals surface area contributed by atoms with Crippen molar-refractivity contribution in [3.8, 4) is 5.75 Å². The lowest BCUT2D eigenvalue weighted by molar-refractivity contribution is 0.0940. The van der Waals surface area contributed by atoms with Gasteiger partial charge in [0, 0.05) is 13.6 Å². The van der Waals surface area contributed by atoms with Gasteiger partial charge < -0.3 is 19.8 Å². The average molecular weight is 449 g/mol. The Morgan fingerprint density at radius 1 is 1.26 bits per heavy atom. The van der Waals surface area contributed by atoms with Crippen molar-refractivity contribution in [2.75, 3.05) is 11.9 Å². The standard InChI is InChI=1S/C21H22ClFN4O4/c1-12(2)9-24-21(29)19-16(10-25-27(19)3)26-20(28)18-7-5-14(31-18)11-30-17-6-4-13(23)8-15(17)22/h4-8,10,12H,9,11H2,1-3H3,(H,24,29)(H,26,28). The van der Waals surface area contributed by atoms with Crippen molar-refractivity contribution in [2.24, 2.45) is 13.0 Å².